The maximum Gasteiger partial charge on any atom is 0.246 e. The lowest BCUT2D eigenvalue weighted by molar-refractivity contribution is -0.121. The smallest absolute Gasteiger partial charge is 0.246 e. The second-order valence-corrected chi connectivity index (χ2v) is 7.96. The number of hydrogen-bond acceptors (Lipinski definition) is 6. The monoisotopic (exact) mass is 388 g/mol. The van der Waals surface area contributed by atoms with Crippen molar-refractivity contribution in [2.45, 2.75) is 31.3 Å². The highest BCUT2D eigenvalue weighted by Gasteiger charge is 2.17. The van der Waals surface area contributed by atoms with Crippen LogP contribution in [0, 0.1) is 0 Å². The predicted octanol–water partition coefficient (Wildman–Crippen LogP) is 2.04. The third-order valence-electron chi connectivity index (χ3n) is 4.00. The topological polar surface area (TPSA) is 107 Å². The molecule has 0 saturated carbocycles. The zero-order valence-electron chi connectivity index (χ0n) is 14.8. The van der Waals surface area contributed by atoms with Crippen LogP contribution in [0.15, 0.2) is 58.1 Å². The van der Waals surface area contributed by atoms with Crippen molar-refractivity contribution >= 4 is 15.7 Å². The molecule has 0 fully saturated rings. The van der Waals surface area contributed by atoms with Gasteiger partial charge in [0.2, 0.25) is 17.6 Å². The standard InChI is InChI=1S/C18H20N4O4S/c1-2-22-11-6-9-15(22)18-20-17(26-21-18)13-19-16(23)10-12-27(24,25)14-7-4-3-5-8-14/h3-9,11H,2,10,12-13H2,1H3,(H,19,23). The highest BCUT2D eigenvalue weighted by molar-refractivity contribution is 7.91. The molecule has 9 heteroatoms. The van der Waals surface area contributed by atoms with E-state index in [-0.39, 0.29) is 29.5 Å². The van der Waals surface area contributed by atoms with Crippen LogP contribution in [0.5, 0.6) is 0 Å². The molecule has 27 heavy (non-hydrogen) atoms. The molecular weight excluding hydrogens is 368 g/mol. The van der Waals surface area contributed by atoms with E-state index in [1.807, 2.05) is 29.8 Å². The third kappa shape index (κ3) is 4.62. The van der Waals surface area contributed by atoms with E-state index in [0.29, 0.717) is 5.82 Å². The van der Waals surface area contributed by atoms with Crippen molar-refractivity contribution in [3.8, 4) is 11.5 Å². The number of amides is 1. The van der Waals surface area contributed by atoms with E-state index < -0.39 is 15.7 Å². The Kier molecular flexibility index (Phi) is 5.70. The van der Waals surface area contributed by atoms with Crippen LogP contribution in [-0.4, -0.2) is 34.8 Å². The molecule has 1 amide bonds. The summed E-state index contributed by atoms with van der Waals surface area (Å²) < 4.78 is 31.5. The molecule has 2 heterocycles. The number of nitrogens with one attached hydrogen (secondary N) is 1. The molecule has 0 bridgehead atoms. The van der Waals surface area contributed by atoms with Gasteiger partial charge in [-0.1, -0.05) is 23.4 Å². The average Bonchev–Trinajstić information content (AvgIpc) is 3.34. The summed E-state index contributed by atoms with van der Waals surface area (Å²) in [7, 11) is -3.49. The largest absolute Gasteiger partial charge is 0.347 e. The summed E-state index contributed by atoms with van der Waals surface area (Å²) in [5.74, 6) is 0.0409. The molecule has 0 spiro atoms. The van der Waals surface area contributed by atoms with Gasteiger partial charge >= 0.3 is 0 Å². The Bertz CT molecular complexity index is 1010. The molecule has 0 aliphatic carbocycles. The molecule has 8 nitrogen and oxygen atoms in total. The van der Waals surface area contributed by atoms with Gasteiger partial charge in [-0.2, -0.15) is 4.98 Å². The summed E-state index contributed by atoms with van der Waals surface area (Å²) in [6, 6.07) is 11.8. The van der Waals surface area contributed by atoms with E-state index in [0.717, 1.165) is 12.2 Å². The van der Waals surface area contributed by atoms with Crippen LogP contribution in [0.3, 0.4) is 0 Å². The van der Waals surface area contributed by atoms with E-state index >= 15 is 0 Å². The lowest BCUT2D eigenvalue weighted by atomic mass is 10.4. The quantitative estimate of drug-likeness (QED) is 0.633. The molecule has 3 aromatic rings. The molecule has 1 N–H and O–H groups in total. The summed E-state index contributed by atoms with van der Waals surface area (Å²) in [5, 5.41) is 6.52. The first-order valence-electron chi connectivity index (χ1n) is 8.52. The minimum Gasteiger partial charge on any atom is -0.347 e. The van der Waals surface area contributed by atoms with Crippen LogP contribution in [0.4, 0.5) is 0 Å². The molecule has 142 valence electrons. The maximum atomic E-state index is 12.2. The highest BCUT2D eigenvalue weighted by Crippen LogP contribution is 2.16. The Morgan fingerprint density at radius 3 is 2.70 bits per heavy atom. The molecule has 2 aromatic heterocycles. The van der Waals surface area contributed by atoms with Crippen molar-refractivity contribution < 1.29 is 17.7 Å². The first kappa shape index (κ1) is 18.8. The normalized spacial score (nSPS) is 11.4. The second kappa shape index (κ2) is 8.17. The van der Waals surface area contributed by atoms with Gasteiger partial charge in [0.1, 0.15) is 0 Å². The summed E-state index contributed by atoms with van der Waals surface area (Å²) in [6.45, 7) is 2.83. The number of aromatic nitrogens is 3. The van der Waals surface area contributed by atoms with Gasteiger partial charge in [-0.3, -0.25) is 4.79 Å². The van der Waals surface area contributed by atoms with Gasteiger partial charge in [-0.15, -0.1) is 0 Å². The number of rotatable bonds is 8. The first-order chi connectivity index (χ1) is 13.0. The van der Waals surface area contributed by atoms with Crippen LogP contribution < -0.4 is 5.32 Å². The molecule has 0 unspecified atom stereocenters. The Morgan fingerprint density at radius 1 is 1.19 bits per heavy atom. The maximum absolute atomic E-state index is 12.2. The average molecular weight is 388 g/mol. The van der Waals surface area contributed by atoms with Crippen molar-refractivity contribution in [2.24, 2.45) is 0 Å². The van der Waals surface area contributed by atoms with E-state index in [4.69, 9.17) is 4.52 Å². The predicted molar refractivity (Wildman–Crippen MR) is 98.4 cm³/mol. The number of hydrogen-bond donors (Lipinski definition) is 1. The van der Waals surface area contributed by atoms with Gasteiger partial charge in [0, 0.05) is 19.2 Å². The number of sulfone groups is 1. The van der Waals surface area contributed by atoms with Gasteiger partial charge in [0.05, 0.1) is 22.9 Å². The minimum absolute atomic E-state index is 0.0457. The molecule has 0 atom stereocenters. The van der Waals surface area contributed by atoms with Gasteiger partial charge in [0.25, 0.3) is 0 Å². The third-order valence-corrected chi connectivity index (χ3v) is 5.74. The van der Waals surface area contributed by atoms with Crippen LogP contribution >= 0.6 is 0 Å². The highest BCUT2D eigenvalue weighted by atomic mass is 32.2. The number of nitrogens with zero attached hydrogens (tertiary/aromatic N) is 3. The summed E-state index contributed by atoms with van der Waals surface area (Å²) in [4.78, 5) is 16.4. The minimum atomic E-state index is -3.49. The Balaban J connectivity index is 1.53. The lowest BCUT2D eigenvalue weighted by Gasteiger charge is -2.04. The summed E-state index contributed by atoms with van der Waals surface area (Å²) in [6.07, 6.45) is 1.78. The molecule has 0 saturated heterocycles. The van der Waals surface area contributed by atoms with Crippen molar-refractivity contribution in [2.75, 3.05) is 5.75 Å². The Hall–Kier alpha value is -2.94. The van der Waals surface area contributed by atoms with Gasteiger partial charge in [-0.05, 0) is 31.2 Å². The fourth-order valence-electron chi connectivity index (χ4n) is 2.56. The van der Waals surface area contributed by atoms with Crippen LogP contribution in [0.1, 0.15) is 19.2 Å². The van der Waals surface area contributed by atoms with Crippen LogP contribution in [-0.2, 0) is 27.7 Å². The number of aryl methyl sites for hydroxylation is 1. The fraction of sp³-hybridized carbons (Fsp3) is 0.278. The van der Waals surface area contributed by atoms with Crippen molar-refractivity contribution in [3.63, 3.8) is 0 Å². The van der Waals surface area contributed by atoms with E-state index in [1.54, 1.807) is 18.2 Å². The number of carbonyl (C=O) groups excluding carboxylic acids is 1. The molecule has 0 aliphatic heterocycles. The van der Waals surface area contributed by atoms with E-state index in [1.165, 1.54) is 12.1 Å². The summed E-state index contributed by atoms with van der Waals surface area (Å²) in [5.41, 5.74) is 0.827. The van der Waals surface area contributed by atoms with Crippen LogP contribution in [0.2, 0.25) is 0 Å². The molecular formula is C18H20N4O4S. The van der Waals surface area contributed by atoms with Gasteiger partial charge in [-0.25, -0.2) is 8.42 Å². The summed E-state index contributed by atoms with van der Waals surface area (Å²) >= 11 is 0. The first-order valence-corrected chi connectivity index (χ1v) is 10.2. The Morgan fingerprint density at radius 2 is 1.96 bits per heavy atom. The Labute approximate surface area is 157 Å². The molecule has 3 rings (SSSR count). The number of benzene rings is 1. The zero-order chi connectivity index (χ0) is 19.3. The SMILES string of the molecule is CCn1cccc1-c1noc(CNC(=O)CCS(=O)(=O)c2ccccc2)n1. The fourth-order valence-corrected chi connectivity index (χ4v) is 3.82. The number of carbonyl (C=O) groups is 1. The molecule has 0 aliphatic rings. The van der Waals surface area contributed by atoms with Crippen molar-refractivity contribution in [3.05, 3.63) is 54.6 Å². The zero-order valence-corrected chi connectivity index (χ0v) is 15.6. The lowest BCUT2D eigenvalue weighted by Crippen LogP contribution is -2.25. The van der Waals surface area contributed by atoms with Crippen molar-refractivity contribution in [1.82, 2.24) is 20.0 Å². The van der Waals surface area contributed by atoms with E-state index in [9.17, 15) is 13.2 Å². The van der Waals surface area contributed by atoms with Crippen LogP contribution in [0.25, 0.3) is 11.5 Å². The second-order valence-electron chi connectivity index (χ2n) is 5.85. The van der Waals surface area contributed by atoms with E-state index in [2.05, 4.69) is 15.5 Å². The van der Waals surface area contributed by atoms with Crippen molar-refractivity contribution in [1.29, 1.82) is 0 Å². The van der Waals surface area contributed by atoms with Gasteiger partial charge < -0.3 is 14.4 Å². The molecule has 0 radical (unpaired) electrons. The molecule has 1 aromatic carbocycles. The van der Waals surface area contributed by atoms with Gasteiger partial charge in [0.15, 0.2) is 9.84 Å².